The van der Waals surface area contributed by atoms with Crippen LogP contribution in [0.3, 0.4) is 0 Å². The first-order valence-corrected chi connectivity index (χ1v) is 9.78. The molecule has 3 atom stereocenters. The first-order chi connectivity index (χ1) is 12.5. The van der Waals surface area contributed by atoms with Gasteiger partial charge in [-0.05, 0) is 31.4 Å². The summed E-state index contributed by atoms with van der Waals surface area (Å²) in [5, 5.41) is 7.08. The Bertz CT molecular complexity index is 663. The number of benzene rings is 1. The number of fused-ring (bicyclic) bond motifs is 1. The summed E-state index contributed by atoms with van der Waals surface area (Å²) in [6.45, 7) is 11.1. The Labute approximate surface area is 180 Å². The van der Waals surface area contributed by atoms with Gasteiger partial charge >= 0.3 is 0 Å². The predicted octanol–water partition coefficient (Wildman–Crippen LogP) is 3.88. The topological polar surface area (TPSA) is 54.9 Å². The fraction of sp³-hybridized carbons (Fsp3) is 0.667. The molecule has 1 aromatic carbocycles. The first-order valence-electron chi connectivity index (χ1n) is 9.78. The van der Waals surface area contributed by atoms with Gasteiger partial charge in [0.05, 0.1) is 12.7 Å². The molecule has 1 aromatic rings. The molecule has 0 aromatic heterocycles. The van der Waals surface area contributed by atoms with Crippen LogP contribution in [0.15, 0.2) is 23.2 Å². The molecule has 1 aliphatic heterocycles. The molecule has 1 aliphatic carbocycles. The van der Waals surface area contributed by atoms with Gasteiger partial charge in [0.25, 0.3) is 0 Å². The van der Waals surface area contributed by atoms with Crippen molar-refractivity contribution in [3.05, 3.63) is 29.3 Å². The van der Waals surface area contributed by atoms with E-state index >= 15 is 0 Å². The van der Waals surface area contributed by atoms with Crippen LogP contribution in [0.2, 0.25) is 0 Å². The van der Waals surface area contributed by atoms with E-state index in [2.05, 4.69) is 61.5 Å². The standard InChI is InChI=1S/C21H33N3O2.HI/c1-6-10-25-17-12-14(2)7-8-15(17)13-23-20(22-5)24-18-16-9-11-26-19(16)21(18,3)4;/h7-8,12,16,18-19H,6,9-11,13H2,1-5H3,(H2,22,23,24);1H. The maximum Gasteiger partial charge on any atom is 0.191 e. The highest BCUT2D eigenvalue weighted by Crippen LogP contribution is 2.52. The van der Waals surface area contributed by atoms with Crippen molar-refractivity contribution in [1.82, 2.24) is 10.6 Å². The molecule has 27 heavy (non-hydrogen) atoms. The minimum Gasteiger partial charge on any atom is -0.493 e. The van der Waals surface area contributed by atoms with E-state index < -0.39 is 0 Å². The Morgan fingerprint density at radius 3 is 2.85 bits per heavy atom. The zero-order valence-electron chi connectivity index (χ0n) is 17.2. The largest absolute Gasteiger partial charge is 0.493 e. The van der Waals surface area contributed by atoms with Crippen LogP contribution in [0.1, 0.15) is 44.7 Å². The number of nitrogens with zero attached hydrogens (tertiary/aromatic N) is 1. The van der Waals surface area contributed by atoms with Gasteiger partial charge in [0.1, 0.15) is 5.75 Å². The Morgan fingerprint density at radius 1 is 1.37 bits per heavy atom. The van der Waals surface area contributed by atoms with E-state index in [-0.39, 0.29) is 29.4 Å². The predicted molar refractivity (Wildman–Crippen MR) is 121 cm³/mol. The van der Waals surface area contributed by atoms with Crippen molar-refractivity contribution in [2.75, 3.05) is 20.3 Å². The molecule has 6 heteroatoms. The first kappa shape index (κ1) is 22.3. The lowest BCUT2D eigenvalue weighted by Gasteiger charge is -2.54. The Hall–Kier alpha value is -1.02. The smallest absolute Gasteiger partial charge is 0.191 e. The van der Waals surface area contributed by atoms with Crippen LogP contribution in [0.5, 0.6) is 5.75 Å². The molecule has 0 radical (unpaired) electrons. The summed E-state index contributed by atoms with van der Waals surface area (Å²) < 4.78 is 11.8. The summed E-state index contributed by atoms with van der Waals surface area (Å²) in [5.74, 6) is 2.39. The van der Waals surface area contributed by atoms with Crippen LogP contribution in [0.4, 0.5) is 0 Å². The van der Waals surface area contributed by atoms with Gasteiger partial charge in [0, 0.05) is 43.1 Å². The van der Waals surface area contributed by atoms with Gasteiger partial charge in [0.15, 0.2) is 5.96 Å². The number of ether oxygens (including phenoxy) is 2. The second-order valence-electron chi connectivity index (χ2n) is 8.07. The van der Waals surface area contributed by atoms with E-state index in [1.165, 1.54) is 5.56 Å². The monoisotopic (exact) mass is 487 g/mol. The number of nitrogens with one attached hydrogen (secondary N) is 2. The van der Waals surface area contributed by atoms with Gasteiger partial charge < -0.3 is 20.1 Å². The molecule has 2 aliphatic rings. The van der Waals surface area contributed by atoms with E-state index in [4.69, 9.17) is 9.47 Å². The quantitative estimate of drug-likeness (QED) is 0.364. The number of guanidine groups is 1. The summed E-state index contributed by atoms with van der Waals surface area (Å²) in [6, 6.07) is 6.77. The highest BCUT2D eigenvalue weighted by atomic mass is 127. The average Bonchev–Trinajstić information content (AvgIpc) is 3.08. The van der Waals surface area contributed by atoms with Crippen molar-refractivity contribution in [2.45, 2.75) is 59.2 Å². The molecule has 0 amide bonds. The van der Waals surface area contributed by atoms with Gasteiger partial charge in [-0.1, -0.05) is 32.9 Å². The Morgan fingerprint density at radius 2 is 2.15 bits per heavy atom. The minimum absolute atomic E-state index is 0. The van der Waals surface area contributed by atoms with Crippen molar-refractivity contribution >= 4 is 29.9 Å². The van der Waals surface area contributed by atoms with Crippen LogP contribution >= 0.6 is 24.0 Å². The number of hydrogen-bond acceptors (Lipinski definition) is 3. The number of hydrogen-bond donors (Lipinski definition) is 2. The van der Waals surface area contributed by atoms with Crippen molar-refractivity contribution in [2.24, 2.45) is 16.3 Å². The molecule has 0 spiro atoms. The molecule has 3 unspecified atom stereocenters. The van der Waals surface area contributed by atoms with Crippen molar-refractivity contribution in [3.8, 4) is 5.75 Å². The SMILES string of the molecule is CCCOc1cc(C)ccc1CNC(=NC)NC1C2CCOC2C1(C)C.I. The van der Waals surface area contributed by atoms with E-state index in [1.54, 1.807) is 0 Å². The molecule has 3 rings (SSSR count). The second-order valence-corrected chi connectivity index (χ2v) is 8.07. The zero-order valence-corrected chi connectivity index (χ0v) is 19.5. The lowest BCUT2D eigenvalue weighted by atomic mass is 9.57. The summed E-state index contributed by atoms with van der Waals surface area (Å²) in [6.07, 6.45) is 2.52. The molecule has 2 fully saturated rings. The maximum atomic E-state index is 5.92. The number of halogens is 1. The summed E-state index contributed by atoms with van der Waals surface area (Å²) in [7, 11) is 1.83. The number of aryl methyl sites for hydroxylation is 1. The van der Waals surface area contributed by atoms with Crippen LogP contribution in [0.25, 0.3) is 0 Å². The van der Waals surface area contributed by atoms with E-state index in [0.29, 0.717) is 24.6 Å². The summed E-state index contributed by atoms with van der Waals surface area (Å²) in [4.78, 5) is 4.43. The molecule has 1 saturated heterocycles. The van der Waals surface area contributed by atoms with Gasteiger partial charge in [-0.3, -0.25) is 4.99 Å². The average molecular weight is 487 g/mol. The number of rotatable bonds is 6. The third-order valence-corrected chi connectivity index (χ3v) is 5.75. The fourth-order valence-corrected chi connectivity index (χ4v) is 4.29. The van der Waals surface area contributed by atoms with Crippen molar-refractivity contribution < 1.29 is 9.47 Å². The van der Waals surface area contributed by atoms with Gasteiger partial charge in [-0.15, -0.1) is 24.0 Å². The van der Waals surface area contributed by atoms with E-state index in [1.807, 2.05) is 7.05 Å². The lowest BCUT2D eigenvalue weighted by Crippen LogP contribution is -2.67. The molecule has 2 N–H and O–H groups in total. The second kappa shape index (κ2) is 9.45. The maximum absolute atomic E-state index is 5.92. The van der Waals surface area contributed by atoms with E-state index in [0.717, 1.165) is 43.3 Å². The van der Waals surface area contributed by atoms with Crippen LogP contribution in [-0.2, 0) is 11.3 Å². The van der Waals surface area contributed by atoms with Crippen LogP contribution in [0, 0.1) is 18.3 Å². The highest BCUT2D eigenvalue weighted by Gasteiger charge is 2.59. The zero-order chi connectivity index (χ0) is 18.7. The number of aliphatic imine (C=N–C) groups is 1. The molecular weight excluding hydrogens is 453 g/mol. The Balaban J connectivity index is 0.00000261. The van der Waals surface area contributed by atoms with Crippen molar-refractivity contribution in [1.29, 1.82) is 0 Å². The molecule has 0 bridgehead atoms. The molecule has 1 saturated carbocycles. The van der Waals surface area contributed by atoms with Gasteiger partial charge in [-0.25, -0.2) is 0 Å². The normalized spacial score (nSPS) is 25.8. The lowest BCUT2D eigenvalue weighted by molar-refractivity contribution is -0.106. The summed E-state index contributed by atoms with van der Waals surface area (Å²) >= 11 is 0. The molecular formula is C21H34IN3O2. The fourth-order valence-electron chi connectivity index (χ4n) is 4.29. The molecule has 1 heterocycles. The highest BCUT2D eigenvalue weighted by molar-refractivity contribution is 14.0. The third kappa shape index (κ3) is 4.70. The third-order valence-electron chi connectivity index (χ3n) is 5.75. The molecule has 5 nitrogen and oxygen atoms in total. The summed E-state index contributed by atoms with van der Waals surface area (Å²) in [5.41, 5.74) is 2.51. The van der Waals surface area contributed by atoms with Gasteiger partial charge in [0.2, 0.25) is 0 Å². The van der Waals surface area contributed by atoms with Crippen LogP contribution < -0.4 is 15.4 Å². The van der Waals surface area contributed by atoms with E-state index in [9.17, 15) is 0 Å². The minimum atomic E-state index is 0. The Kier molecular flexibility index (Phi) is 7.80. The van der Waals surface area contributed by atoms with Crippen molar-refractivity contribution in [3.63, 3.8) is 0 Å². The van der Waals surface area contributed by atoms with Gasteiger partial charge in [-0.2, -0.15) is 0 Å². The molecule has 152 valence electrons. The van der Waals surface area contributed by atoms with Crippen LogP contribution in [-0.4, -0.2) is 38.4 Å².